The maximum absolute atomic E-state index is 5.54. The molecule has 0 spiro atoms. The van der Waals surface area contributed by atoms with Crippen LogP contribution >= 0.6 is 0 Å². The Morgan fingerprint density at radius 1 is 1.64 bits per heavy atom. The molecule has 0 aromatic rings. The van der Waals surface area contributed by atoms with Gasteiger partial charge >= 0.3 is 0 Å². The van der Waals surface area contributed by atoms with Gasteiger partial charge in [-0.1, -0.05) is 20.8 Å². The summed E-state index contributed by atoms with van der Waals surface area (Å²) in [5.41, 5.74) is 0.350. The topological polar surface area (TPSA) is 9.23 Å². The Balaban J connectivity index is 1.80. The molecule has 2 rings (SSSR count). The van der Waals surface area contributed by atoms with Crippen LogP contribution in [0.15, 0.2) is 0 Å². The van der Waals surface area contributed by atoms with Gasteiger partial charge in [-0.25, -0.2) is 0 Å². The number of rotatable bonds is 3. The van der Waals surface area contributed by atoms with Gasteiger partial charge in [-0.2, -0.15) is 0 Å². The van der Waals surface area contributed by atoms with Crippen LogP contribution in [-0.2, 0) is 4.74 Å². The van der Waals surface area contributed by atoms with Crippen LogP contribution in [0.1, 0.15) is 33.1 Å². The third-order valence-corrected chi connectivity index (χ3v) is 2.78. The van der Waals surface area contributed by atoms with Gasteiger partial charge in [0.15, 0.2) is 0 Å². The van der Waals surface area contributed by atoms with Gasteiger partial charge in [0.25, 0.3) is 0 Å². The molecule has 1 saturated heterocycles. The normalized spacial score (nSPS) is 36.3. The second-order valence-electron chi connectivity index (χ2n) is 4.56. The van der Waals surface area contributed by atoms with Gasteiger partial charge < -0.3 is 4.74 Å². The van der Waals surface area contributed by atoms with Crippen LogP contribution in [-0.4, -0.2) is 6.10 Å². The highest BCUT2D eigenvalue weighted by Crippen LogP contribution is 2.57. The molecule has 0 aromatic carbocycles. The summed E-state index contributed by atoms with van der Waals surface area (Å²) in [6, 6.07) is 0. The van der Waals surface area contributed by atoms with Crippen molar-refractivity contribution < 1.29 is 4.74 Å². The van der Waals surface area contributed by atoms with Crippen molar-refractivity contribution in [2.24, 2.45) is 11.3 Å². The molecular weight excluding hydrogens is 136 g/mol. The SMILES string of the molecule is [CH2]CC(C)(C)C[C]1OC2CC12. The van der Waals surface area contributed by atoms with Gasteiger partial charge in [0.2, 0.25) is 0 Å². The minimum absolute atomic E-state index is 0.350. The summed E-state index contributed by atoms with van der Waals surface area (Å²) in [5, 5.41) is 0. The van der Waals surface area contributed by atoms with E-state index in [-0.39, 0.29) is 0 Å². The first kappa shape index (κ1) is 7.60. The molecule has 2 fully saturated rings. The predicted molar refractivity (Wildman–Crippen MR) is 44.6 cm³/mol. The third kappa shape index (κ3) is 1.31. The zero-order chi connectivity index (χ0) is 8.06. The molecule has 1 nitrogen and oxygen atoms in total. The molecule has 2 atom stereocenters. The van der Waals surface area contributed by atoms with Crippen molar-refractivity contribution in [1.82, 2.24) is 0 Å². The number of hydrogen-bond donors (Lipinski definition) is 0. The minimum atomic E-state index is 0.350. The Bertz CT molecular complexity index is 162. The van der Waals surface area contributed by atoms with Gasteiger partial charge in [-0.15, -0.1) is 0 Å². The van der Waals surface area contributed by atoms with Gasteiger partial charge in [0.05, 0.1) is 6.10 Å². The fourth-order valence-electron chi connectivity index (χ4n) is 1.58. The molecule has 0 N–H and O–H groups in total. The average Bonchev–Trinajstić information content (AvgIpc) is 2.57. The second kappa shape index (κ2) is 2.22. The molecule has 1 heterocycles. The van der Waals surface area contributed by atoms with Crippen molar-refractivity contribution in [3.63, 3.8) is 0 Å². The smallest absolute Gasteiger partial charge is 0.104 e. The van der Waals surface area contributed by atoms with Gasteiger partial charge in [0.1, 0.15) is 6.10 Å². The van der Waals surface area contributed by atoms with E-state index in [0.29, 0.717) is 11.5 Å². The zero-order valence-electron chi connectivity index (χ0n) is 7.39. The molecule has 2 unspecified atom stereocenters. The van der Waals surface area contributed by atoms with E-state index in [1.807, 2.05) is 0 Å². The molecular formula is C10H16O. The molecule has 0 aromatic heterocycles. The first-order chi connectivity index (χ1) is 5.12. The highest BCUT2D eigenvalue weighted by Gasteiger charge is 2.57. The van der Waals surface area contributed by atoms with Crippen LogP contribution in [0, 0.1) is 24.4 Å². The summed E-state index contributed by atoms with van der Waals surface area (Å²) in [7, 11) is 0. The molecule has 62 valence electrons. The van der Waals surface area contributed by atoms with E-state index in [1.165, 1.54) is 12.5 Å². The van der Waals surface area contributed by atoms with E-state index >= 15 is 0 Å². The van der Waals surface area contributed by atoms with E-state index < -0.39 is 0 Å². The number of hydrogen-bond acceptors (Lipinski definition) is 1. The lowest BCUT2D eigenvalue weighted by Crippen LogP contribution is -2.26. The monoisotopic (exact) mass is 152 g/mol. The minimum Gasteiger partial charge on any atom is -0.368 e. The van der Waals surface area contributed by atoms with Crippen LogP contribution < -0.4 is 0 Å². The first-order valence-electron chi connectivity index (χ1n) is 4.44. The van der Waals surface area contributed by atoms with Crippen LogP contribution in [0.3, 0.4) is 0 Å². The molecule has 0 amide bonds. The summed E-state index contributed by atoms with van der Waals surface area (Å²) in [6.07, 6.45) is 5.39. The molecule has 1 saturated carbocycles. The fraction of sp³-hybridized carbons (Fsp3) is 0.800. The lowest BCUT2D eigenvalue weighted by molar-refractivity contribution is 0.00468. The van der Waals surface area contributed by atoms with E-state index in [4.69, 9.17) is 4.74 Å². The second-order valence-corrected chi connectivity index (χ2v) is 4.56. The van der Waals surface area contributed by atoms with Crippen molar-refractivity contribution in [1.29, 1.82) is 0 Å². The standard InChI is InChI=1S/C10H16O/c1-4-10(2,3)6-9-7-5-8(7)11-9/h7-8H,1,4-6H2,2-3H3. The summed E-state index contributed by atoms with van der Waals surface area (Å²) in [5.74, 6) is 0.848. The molecule has 1 heteroatoms. The van der Waals surface area contributed by atoms with Crippen molar-refractivity contribution in [3.8, 4) is 0 Å². The maximum Gasteiger partial charge on any atom is 0.104 e. The molecule has 2 radical (unpaired) electrons. The van der Waals surface area contributed by atoms with E-state index in [9.17, 15) is 0 Å². The van der Waals surface area contributed by atoms with Crippen LogP contribution in [0.4, 0.5) is 0 Å². The van der Waals surface area contributed by atoms with Crippen LogP contribution in [0.2, 0.25) is 0 Å². The molecule has 1 aliphatic carbocycles. The van der Waals surface area contributed by atoms with E-state index in [0.717, 1.165) is 18.8 Å². The Kier molecular flexibility index (Phi) is 1.54. The summed E-state index contributed by atoms with van der Waals surface area (Å²) in [4.78, 5) is 0. The number of fused-ring (bicyclic) bond motifs is 1. The maximum atomic E-state index is 5.54. The summed E-state index contributed by atoms with van der Waals surface area (Å²) in [6.45, 7) is 8.45. The van der Waals surface area contributed by atoms with Crippen molar-refractivity contribution in [2.75, 3.05) is 0 Å². The summed E-state index contributed by atoms with van der Waals surface area (Å²) < 4.78 is 5.54. The molecule has 11 heavy (non-hydrogen) atoms. The van der Waals surface area contributed by atoms with Gasteiger partial charge in [-0.3, -0.25) is 0 Å². The van der Waals surface area contributed by atoms with Gasteiger partial charge in [-0.05, 0) is 24.7 Å². The highest BCUT2D eigenvalue weighted by atomic mass is 16.5. The number of ether oxygens (including phenoxy) is 1. The Morgan fingerprint density at radius 2 is 2.36 bits per heavy atom. The lowest BCUT2D eigenvalue weighted by atomic mass is 9.82. The van der Waals surface area contributed by atoms with Crippen LogP contribution in [0.25, 0.3) is 0 Å². The van der Waals surface area contributed by atoms with Crippen LogP contribution in [0.5, 0.6) is 0 Å². The fourth-order valence-corrected chi connectivity index (χ4v) is 1.58. The van der Waals surface area contributed by atoms with Crippen molar-refractivity contribution in [3.05, 3.63) is 13.0 Å². The molecule has 2 aliphatic rings. The highest BCUT2D eigenvalue weighted by molar-refractivity contribution is 5.15. The van der Waals surface area contributed by atoms with Gasteiger partial charge in [0, 0.05) is 5.92 Å². The van der Waals surface area contributed by atoms with Crippen molar-refractivity contribution >= 4 is 0 Å². The summed E-state index contributed by atoms with van der Waals surface area (Å²) >= 11 is 0. The average molecular weight is 152 g/mol. The Hall–Kier alpha value is -0.0400. The first-order valence-corrected chi connectivity index (χ1v) is 4.44. The van der Waals surface area contributed by atoms with E-state index in [1.54, 1.807) is 0 Å². The quantitative estimate of drug-likeness (QED) is 0.604. The molecule has 0 bridgehead atoms. The lowest BCUT2D eigenvalue weighted by Gasteiger charge is -2.32. The predicted octanol–water partition coefficient (Wildman–Crippen LogP) is 2.58. The zero-order valence-corrected chi connectivity index (χ0v) is 7.39. The third-order valence-electron chi connectivity index (χ3n) is 2.78. The molecule has 1 aliphatic heterocycles. The Labute approximate surface area is 69.1 Å². The Morgan fingerprint density at radius 3 is 2.73 bits per heavy atom. The largest absolute Gasteiger partial charge is 0.368 e. The van der Waals surface area contributed by atoms with E-state index in [2.05, 4.69) is 20.8 Å². The van der Waals surface area contributed by atoms with Crippen molar-refractivity contribution in [2.45, 2.75) is 39.2 Å².